The zero-order chi connectivity index (χ0) is 12.7. The lowest BCUT2D eigenvalue weighted by Gasteiger charge is -2.04. The minimum Gasteiger partial charge on any atom is -0.382 e. The Labute approximate surface area is 113 Å². The topological polar surface area (TPSA) is 47.6 Å². The molecule has 1 heterocycles. The molecule has 0 saturated heterocycles. The Kier molecular flexibility index (Phi) is 6.72. The van der Waals surface area contributed by atoms with Crippen molar-refractivity contribution in [3.8, 4) is 0 Å². The number of amides is 1. The van der Waals surface area contributed by atoms with Crippen LogP contribution < -0.4 is 5.32 Å². The van der Waals surface area contributed by atoms with Crippen LogP contribution in [0.25, 0.3) is 0 Å². The van der Waals surface area contributed by atoms with Crippen LogP contribution in [0, 0.1) is 6.92 Å². The van der Waals surface area contributed by atoms with Crippen molar-refractivity contribution in [2.45, 2.75) is 6.92 Å². The molecule has 17 heavy (non-hydrogen) atoms. The van der Waals surface area contributed by atoms with Gasteiger partial charge in [0.1, 0.15) is 0 Å². The minimum atomic E-state index is -0.0564. The lowest BCUT2D eigenvalue weighted by Crippen LogP contribution is -2.26. The lowest BCUT2D eigenvalue weighted by atomic mass is 10.3. The molecule has 0 aliphatic heterocycles. The number of hydrogen-bond donors (Lipinski definition) is 1. The van der Waals surface area contributed by atoms with E-state index in [-0.39, 0.29) is 5.91 Å². The normalized spacial score (nSPS) is 10.5. The quantitative estimate of drug-likeness (QED) is 0.783. The fourth-order valence-electron chi connectivity index (χ4n) is 1.14. The number of methoxy groups -OCH3 is 1. The Bertz CT molecular complexity index is 348. The van der Waals surface area contributed by atoms with Crippen molar-refractivity contribution in [1.29, 1.82) is 0 Å². The molecule has 0 bridgehead atoms. The summed E-state index contributed by atoms with van der Waals surface area (Å²) >= 11 is 4.83. The van der Waals surface area contributed by atoms with Crippen molar-refractivity contribution >= 4 is 33.2 Å². The first kappa shape index (κ1) is 14.6. The summed E-state index contributed by atoms with van der Waals surface area (Å²) in [5.74, 6) is -0.0564. The predicted octanol–water partition coefficient (Wildman–Crippen LogP) is 2.21. The van der Waals surface area contributed by atoms with Gasteiger partial charge in [-0.25, -0.2) is 0 Å². The average Bonchev–Trinajstić information content (AvgIpc) is 2.64. The van der Waals surface area contributed by atoms with Crippen molar-refractivity contribution in [2.75, 3.05) is 33.5 Å². The van der Waals surface area contributed by atoms with Gasteiger partial charge in [-0.2, -0.15) is 0 Å². The molecule has 1 aromatic heterocycles. The highest BCUT2D eigenvalue weighted by Crippen LogP contribution is 2.26. The Morgan fingerprint density at radius 2 is 2.24 bits per heavy atom. The van der Waals surface area contributed by atoms with Gasteiger partial charge in [-0.3, -0.25) is 4.79 Å². The van der Waals surface area contributed by atoms with Gasteiger partial charge in [0.2, 0.25) is 0 Å². The molecule has 0 fully saturated rings. The third-order valence-electron chi connectivity index (χ3n) is 2.04. The van der Waals surface area contributed by atoms with Crippen LogP contribution in [0.1, 0.15) is 15.2 Å². The molecule has 1 aromatic rings. The molecule has 0 aliphatic carbocycles. The molecule has 96 valence electrons. The molecule has 0 aliphatic rings. The van der Waals surface area contributed by atoms with Crippen LogP contribution in [0.3, 0.4) is 0 Å². The molecule has 0 radical (unpaired) electrons. The minimum absolute atomic E-state index is 0.0564. The summed E-state index contributed by atoms with van der Waals surface area (Å²) in [6, 6.07) is 1.87. The monoisotopic (exact) mass is 321 g/mol. The fraction of sp³-hybridized carbons (Fsp3) is 0.545. The summed E-state index contributed by atoms with van der Waals surface area (Å²) in [5.41, 5.74) is 1.08. The molecule has 6 heteroatoms. The van der Waals surface area contributed by atoms with Crippen molar-refractivity contribution < 1.29 is 14.3 Å². The summed E-state index contributed by atoms with van der Waals surface area (Å²) in [6.07, 6.45) is 0. The summed E-state index contributed by atoms with van der Waals surface area (Å²) < 4.78 is 11.1. The summed E-state index contributed by atoms with van der Waals surface area (Å²) in [7, 11) is 1.63. The van der Waals surface area contributed by atoms with Crippen molar-refractivity contribution in [3.05, 3.63) is 20.3 Å². The zero-order valence-electron chi connectivity index (χ0n) is 9.92. The summed E-state index contributed by atoms with van der Waals surface area (Å²) in [6.45, 7) is 4.10. The van der Waals surface area contributed by atoms with Crippen LogP contribution in [0.15, 0.2) is 9.85 Å². The number of ether oxygens (including phenoxy) is 2. The van der Waals surface area contributed by atoms with E-state index in [1.165, 1.54) is 11.3 Å². The highest BCUT2D eigenvalue weighted by Gasteiger charge is 2.10. The number of carbonyl (C=O) groups excluding carboxylic acids is 1. The van der Waals surface area contributed by atoms with Gasteiger partial charge in [-0.15, -0.1) is 11.3 Å². The van der Waals surface area contributed by atoms with Crippen molar-refractivity contribution in [3.63, 3.8) is 0 Å². The average molecular weight is 322 g/mol. The SMILES string of the molecule is COCCOCCNC(=O)c1cc(C)c(Br)s1. The van der Waals surface area contributed by atoms with Gasteiger partial charge < -0.3 is 14.8 Å². The molecule has 0 unspecified atom stereocenters. The standard InChI is InChI=1S/C11H16BrNO3S/c1-8-7-9(17-10(8)12)11(14)13-3-4-16-6-5-15-2/h7H,3-6H2,1-2H3,(H,13,14). The maximum Gasteiger partial charge on any atom is 0.261 e. The Hall–Kier alpha value is -0.430. The van der Waals surface area contributed by atoms with Crippen LogP contribution in [0.2, 0.25) is 0 Å². The highest BCUT2D eigenvalue weighted by atomic mass is 79.9. The number of rotatable bonds is 7. The van der Waals surface area contributed by atoms with Crippen LogP contribution in [-0.4, -0.2) is 39.4 Å². The van der Waals surface area contributed by atoms with Crippen LogP contribution >= 0.6 is 27.3 Å². The maximum atomic E-state index is 11.7. The third kappa shape index (κ3) is 5.16. The molecular weight excluding hydrogens is 306 g/mol. The summed E-state index contributed by atoms with van der Waals surface area (Å²) in [5, 5.41) is 2.80. The van der Waals surface area contributed by atoms with E-state index in [0.717, 1.165) is 9.35 Å². The molecule has 1 rings (SSSR count). The van der Waals surface area contributed by atoms with E-state index in [0.29, 0.717) is 31.2 Å². The van der Waals surface area contributed by atoms with E-state index in [4.69, 9.17) is 9.47 Å². The van der Waals surface area contributed by atoms with Gasteiger partial charge in [0.25, 0.3) is 5.91 Å². The maximum absolute atomic E-state index is 11.7. The van der Waals surface area contributed by atoms with Crippen molar-refractivity contribution in [1.82, 2.24) is 5.32 Å². The van der Waals surface area contributed by atoms with Gasteiger partial charge in [0, 0.05) is 13.7 Å². The van der Waals surface area contributed by atoms with E-state index in [1.54, 1.807) is 7.11 Å². The van der Waals surface area contributed by atoms with Gasteiger partial charge in [0.05, 0.1) is 28.5 Å². The number of thiophene rings is 1. The van der Waals surface area contributed by atoms with Gasteiger partial charge in [-0.1, -0.05) is 0 Å². The number of halogens is 1. The lowest BCUT2D eigenvalue weighted by molar-refractivity contribution is 0.0693. The summed E-state index contributed by atoms with van der Waals surface area (Å²) in [4.78, 5) is 12.4. The van der Waals surface area contributed by atoms with Crippen molar-refractivity contribution in [2.24, 2.45) is 0 Å². The van der Waals surface area contributed by atoms with Crippen LogP contribution in [0.4, 0.5) is 0 Å². The molecule has 0 saturated carbocycles. The predicted molar refractivity (Wildman–Crippen MR) is 71.8 cm³/mol. The molecule has 1 N–H and O–H groups in total. The first-order valence-electron chi connectivity index (χ1n) is 5.26. The second kappa shape index (κ2) is 7.81. The van der Waals surface area contributed by atoms with E-state index >= 15 is 0 Å². The molecule has 0 spiro atoms. The number of carbonyl (C=O) groups is 1. The van der Waals surface area contributed by atoms with Gasteiger partial charge >= 0.3 is 0 Å². The second-order valence-electron chi connectivity index (χ2n) is 3.43. The zero-order valence-corrected chi connectivity index (χ0v) is 12.3. The number of aryl methyl sites for hydroxylation is 1. The van der Waals surface area contributed by atoms with E-state index in [9.17, 15) is 4.79 Å². The van der Waals surface area contributed by atoms with E-state index < -0.39 is 0 Å². The van der Waals surface area contributed by atoms with Crippen LogP contribution in [-0.2, 0) is 9.47 Å². The number of nitrogens with one attached hydrogen (secondary N) is 1. The molecule has 0 aromatic carbocycles. The van der Waals surface area contributed by atoms with Crippen LogP contribution in [0.5, 0.6) is 0 Å². The number of hydrogen-bond acceptors (Lipinski definition) is 4. The molecule has 4 nitrogen and oxygen atoms in total. The molecule has 0 atom stereocenters. The fourth-order valence-corrected chi connectivity index (χ4v) is 2.59. The Morgan fingerprint density at radius 1 is 1.47 bits per heavy atom. The Balaban J connectivity index is 2.21. The van der Waals surface area contributed by atoms with Gasteiger partial charge in [-0.05, 0) is 34.5 Å². The highest BCUT2D eigenvalue weighted by molar-refractivity contribution is 9.11. The third-order valence-corrected chi connectivity index (χ3v) is 4.18. The largest absolute Gasteiger partial charge is 0.382 e. The van der Waals surface area contributed by atoms with E-state index in [1.807, 2.05) is 13.0 Å². The smallest absolute Gasteiger partial charge is 0.261 e. The van der Waals surface area contributed by atoms with Gasteiger partial charge in [0.15, 0.2) is 0 Å². The first-order chi connectivity index (χ1) is 8.15. The van der Waals surface area contributed by atoms with E-state index in [2.05, 4.69) is 21.2 Å². The Morgan fingerprint density at radius 3 is 2.82 bits per heavy atom. The first-order valence-corrected chi connectivity index (χ1v) is 6.87. The molecular formula is C11H16BrNO3S. The molecule has 1 amide bonds. The second-order valence-corrected chi connectivity index (χ2v) is 5.80.